The summed E-state index contributed by atoms with van der Waals surface area (Å²) in [6.07, 6.45) is 7.26. The van der Waals surface area contributed by atoms with E-state index in [1.807, 2.05) is 45.1 Å². The Morgan fingerprint density at radius 2 is 2.07 bits per heavy atom. The number of halogens is 1. The van der Waals surface area contributed by atoms with Gasteiger partial charge >= 0.3 is 0 Å². The summed E-state index contributed by atoms with van der Waals surface area (Å²) < 4.78 is 14.2. The average molecular weight is 408 g/mol. The molecule has 1 aromatic carbocycles. The summed E-state index contributed by atoms with van der Waals surface area (Å²) in [5, 5.41) is 29.7. The van der Waals surface area contributed by atoms with Gasteiger partial charge in [-0.3, -0.25) is 0 Å². The number of hydrogen-bond acceptors (Lipinski definition) is 5. The van der Waals surface area contributed by atoms with Gasteiger partial charge in [0.25, 0.3) is 0 Å². The van der Waals surface area contributed by atoms with Crippen LogP contribution >= 0.6 is 11.3 Å². The van der Waals surface area contributed by atoms with Crippen LogP contribution < -0.4 is 5.32 Å². The van der Waals surface area contributed by atoms with Crippen molar-refractivity contribution in [1.29, 1.82) is 10.7 Å². The molecule has 1 heterocycles. The second kappa shape index (κ2) is 8.16. The highest BCUT2D eigenvalue weighted by Gasteiger charge is 2.18. The minimum Gasteiger partial charge on any atom is -0.394 e. The topological polar surface area (TPSA) is 79.9 Å². The van der Waals surface area contributed by atoms with Gasteiger partial charge in [0.15, 0.2) is 0 Å². The summed E-state index contributed by atoms with van der Waals surface area (Å²) in [5.74, 6) is -0.536. The normalized spacial score (nSPS) is 15.4. The second-order valence-corrected chi connectivity index (χ2v) is 8.80. The predicted molar refractivity (Wildman–Crippen MR) is 116 cm³/mol. The van der Waals surface area contributed by atoms with Crippen molar-refractivity contribution in [2.45, 2.75) is 26.3 Å². The fourth-order valence-electron chi connectivity index (χ4n) is 2.86. The van der Waals surface area contributed by atoms with Crippen LogP contribution in [0.5, 0.6) is 0 Å². The van der Waals surface area contributed by atoms with Gasteiger partial charge in [0.1, 0.15) is 11.9 Å². The second-order valence-electron chi connectivity index (χ2n) is 7.54. The number of nitrogens with one attached hydrogen (secondary N) is 2. The standard InChI is InChI=1S/C23H22FN3OS/c1-14-8-19(15-4-5-17(11-25)20(24)10-15)22(29-14)16-6-7-21(26)18(9-16)12-27-23(2,3)13-28/h4-10,12,26-28H,13H2,1-3H3/b18-12-,26-21?. The fourth-order valence-corrected chi connectivity index (χ4v) is 3.89. The fraction of sp³-hybridized carbons (Fsp3) is 0.217. The number of rotatable bonds is 5. The molecule has 2 aromatic rings. The number of aliphatic hydroxyl groups is 1. The monoisotopic (exact) mass is 407 g/mol. The van der Waals surface area contributed by atoms with E-state index in [0.29, 0.717) is 16.8 Å². The number of thiophene rings is 1. The van der Waals surface area contributed by atoms with Gasteiger partial charge in [-0.25, -0.2) is 4.39 Å². The number of aryl methyl sites for hydroxylation is 1. The molecule has 0 atom stereocenters. The number of benzene rings is 1. The number of aliphatic hydroxyl groups excluding tert-OH is 1. The van der Waals surface area contributed by atoms with Crippen LogP contribution in [0.4, 0.5) is 4.39 Å². The lowest BCUT2D eigenvalue weighted by molar-refractivity contribution is 0.201. The Morgan fingerprint density at radius 3 is 2.72 bits per heavy atom. The van der Waals surface area contributed by atoms with Gasteiger partial charge in [0.05, 0.1) is 23.4 Å². The van der Waals surface area contributed by atoms with Crippen LogP contribution in [0.25, 0.3) is 16.7 Å². The minimum absolute atomic E-state index is 0.0234. The molecule has 1 aliphatic rings. The Labute approximate surface area is 173 Å². The molecule has 0 saturated heterocycles. The predicted octanol–water partition coefficient (Wildman–Crippen LogP) is 4.95. The third-order valence-corrected chi connectivity index (χ3v) is 5.68. The molecule has 29 heavy (non-hydrogen) atoms. The first-order chi connectivity index (χ1) is 13.7. The maximum absolute atomic E-state index is 14.2. The van der Waals surface area contributed by atoms with Crippen molar-refractivity contribution >= 4 is 22.6 Å². The van der Waals surface area contributed by atoms with Crippen molar-refractivity contribution in [1.82, 2.24) is 5.32 Å². The molecule has 1 aliphatic carbocycles. The van der Waals surface area contributed by atoms with Crippen molar-refractivity contribution in [2.75, 3.05) is 6.61 Å². The molecule has 0 spiro atoms. The van der Waals surface area contributed by atoms with E-state index < -0.39 is 11.4 Å². The van der Waals surface area contributed by atoms with Crippen molar-refractivity contribution in [2.24, 2.45) is 0 Å². The Bertz CT molecular complexity index is 1100. The zero-order valence-electron chi connectivity index (χ0n) is 16.5. The Kier molecular flexibility index (Phi) is 5.83. The first kappa shape index (κ1) is 20.7. The molecule has 0 unspecified atom stereocenters. The molecule has 0 fully saturated rings. The summed E-state index contributed by atoms with van der Waals surface area (Å²) in [5.41, 5.74) is 3.13. The van der Waals surface area contributed by atoms with Crippen LogP contribution in [0, 0.1) is 29.5 Å². The number of nitriles is 1. The Balaban J connectivity index is 2.03. The van der Waals surface area contributed by atoms with Crippen molar-refractivity contribution < 1.29 is 9.50 Å². The highest BCUT2D eigenvalue weighted by atomic mass is 32.1. The van der Waals surface area contributed by atoms with Crippen molar-refractivity contribution in [3.05, 3.63) is 75.4 Å². The quantitative estimate of drug-likeness (QED) is 0.656. The molecule has 3 N–H and O–H groups in total. The molecular weight excluding hydrogens is 385 g/mol. The van der Waals surface area contributed by atoms with E-state index in [4.69, 9.17) is 10.7 Å². The lowest BCUT2D eigenvalue weighted by Crippen LogP contribution is -2.39. The van der Waals surface area contributed by atoms with Crippen LogP contribution in [-0.2, 0) is 0 Å². The average Bonchev–Trinajstić information content (AvgIpc) is 3.09. The van der Waals surface area contributed by atoms with Gasteiger partial charge in [0.2, 0.25) is 0 Å². The summed E-state index contributed by atoms with van der Waals surface area (Å²) in [4.78, 5) is 2.06. The van der Waals surface area contributed by atoms with Gasteiger partial charge in [0, 0.05) is 27.1 Å². The molecule has 0 bridgehead atoms. The molecule has 3 rings (SSSR count). The lowest BCUT2D eigenvalue weighted by atomic mass is 9.95. The van der Waals surface area contributed by atoms with E-state index in [1.165, 1.54) is 12.1 Å². The minimum atomic E-state index is -0.536. The van der Waals surface area contributed by atoms with Gasteiger partial charge in [-0.1, -0.05) is 12.1 Å². The number of hydrogen-bond donors (Lipinski definition) is 3. The Morgan fingerprint density at radius 1 is 1.31 bits per heavy atom. The first-order valence-electron chi connectivity index (χ1n) is 9.12. The van der Waals surface area contributed by atoms with Crippen molar-refractivity contribution in [3.63, 3.8) is 0 Å². The molecule has 148 valence electrons. The zero-order chi connectivity index (χ0) is 21.2. The highest BCUT2D eigenvalue weighted by molar-refractivity contribution is 7.13. The molecular formula is C23H22FN3OS. The zero-order valence-corrected chi connectivity index (χ0v) is 17.3. The lowest BCUT2D eigenvalue weighted by Gasteiger charge is -2.23. The van der Waals surface area contributed by atoms with Crippen LogP contribution in [0.3, 0.4) is 0 Å². The number of nitrogens with zero attached hydrogens (tertiary/aromatic N) is 1. The van der Waals surface area contributed by atoms with Crippen LogP contribution in [0.15, 0.2) is 54.3 Å². The molecule has 4 nitrogen and oxygen atoms in total. The highest BCUT2D eigenvalue weighted by Crippen LogP contribution is 2.38. The molecule has 0 amide bonds. The van der Waals surface area contributed by atoms with E-state index in [1.54, 1.807) is 29.7 Å². The molecule has 0 saturated carbocycles. The SMILES string of the molecule is Cc1cc(-c2ccc(C#N)c(F)c2)c(C2=C/C(=C/NC(C)(C)CO)C(=N)C=C2)s1. The van der Waals surface area contributed by atoms with Gasteiger partial charge < -0.3 is 15.8 Å². The third kappa shape index (κ3) is 4.53. The smallest absolute Gasteiger partial charge is 0.141 e. The molecule has 6 heteroatoms. The first-order valence-corrected chi connectivity index (χ1v) is 9.94. The maximum atomic E-state index is 14.2. The van der Waals surface area contributed by atoms with Gasteiger partial charge in [-0.2, -0.15) is 5.26 Å². The van der Waals surface area contributed by atoms with Crippen molar-refractivity contribution in [3.8, 4) is 17.2 Å². The molecule has 1 aromatic heterocycles. The van der Waals surface area contributed by atoms with Gasteiger partial charge in [-0.15, -0.1) is 11.3 Å². The molecule has 0 radical (unpaired) electrons. The maximum Gasteiger partial charge on any atom is 0.141 e. The summed E-state index contributed by atoms with van der Waals surface area (Å²) >= 11 is 1.60. The van der Waals surface area contributed by atoms with Crippen LogP contribution in [0.1, 0.15) is 29.2 Å². The van der Waals surface area contributed by atoms with Gasteiger partial charge in [-0.05, 0) is 62.3 Å². The summed E-state index contributed by atoms with van der Waals surface area (Å²) in [7, 11) is 0. The summed E-state index contributed by atoms with van der Waals surface area (Å²) in [6.45, 7) is 5.71. The van der Waals surface area contributed by atoms with E-state index >= 15 is 0 Å². The van der Waals surface area contributed by atoms with Crippen LogP contribution in [0.2, 0.25) is 0 Å². The van der Waals surface area contributed by atoms with E-state index in [2.05, 4.69) is 5.32 Å². The summed E-state index contributed by atoms with van der Waals surface area (Å²) in [6, 6.07) is 8.49. The molecule has 0 aliphatic heterocycles. The van der Waals surface area contributed by atoms with E-state index in [9.17, 15) is 9.50 Å². The number of allylic oxidation sites excluding steroid dienone is 5. The third-order valence-electron chi connectivity index (χ3n) is 4.58. The van der Waals surface area contributed by atoms with E-state index in [-0.39, 0.29) is 12.2 Å². The van der Waals surface area contributed by atoms with E-state index in [0.717, 1.165) is 20.9 Å². The van der Waals surface area contributed by atoms with Crippen LogP contribution in [-0.4, -0.2) is 23.0 Å². The Hall–Kier alpha value is -3.01. The largest absolute Gasteiger partial charge is 0.394 e.